The van der Waals surface area contributed by atoms with Crippen molar-refractivity contribution in [2.45, 2.75) is 13.5 Å². The number of rotatable bonds is 4. The fourth-order valence-corrected chi connectivity index (χ4v) is 2.90. The summed E-state index contributed by atoms with van der Waals surface area (Å²) in [6.07, 6.45) is 2.55. The molecular weight excluding hydrogens is 312 g/mol. The lowest BCUT2D eigenvalue weighted by atomic mass is 10.0. The Hall–Kier alpha value is -2.59. The molecule has 0 fully saturated rings. The van der Waals surface area contributed by atoms with Crippen molar-refractivity contribution in [3.63, 3.8) is 0 Å². The molecule has 4 nitrogen and oxygen atoms in total. The van der Waals surface area contributed by atoms with Crippen molar-refractivity contribution in [1.29, 1.82) is 0 Å². The smallest absolute Gasteiger partial charge is 0.328 e. The minimum Gasteiger partial charge on any atom is -0.478 e. The van der Waals surface area contributed by atoms with Crippen LogP contribution in [0.3, 0.4) is 0 Å². The third kappa shape index (κ3) is 3.12. The zero-order valence-electron chi connectivity index (χ0n) is 12.5. The molecule has 0 aliphatic heterocycles. The lowest BCUT2D eigenvalue weighted by molar-refractivity contribution is -0.131. The quantitative estimate of drug-likeness (QED) is 0.733. The second-order valence-electron chi connectivity index (χ2n) is 5.26. The van der Waals surface area contributed by atoms with Gasteiger partial charge in [0, 0.05) is 11.6 Å². The lowest BCUT2D eigenvalue weighted by Gasteiger charge is -2.07. The Kier molecular flexibility index (Phi) is 4.17. The third-order valence-corrected chi connectivity index (χ3v) is 4.10. The number of hydrogen-bond donors (Lipinski definition) is 1. The first kappa shape index (κ1) is 15.3. The number of carboxylic acid groups (broad SMARTS) is 1. The molecule has 3 aromatic rings. The van der Waals surface area contributed by atoms with Crippen molar-refractivity contribution in [2.24, 2.45) is 0 Å². The van der Waals surface area contributed by atoms with E-state index in [1.165, 1.54) is 6.08 Å². The van der Waals surface area contributed by atoms with Crippen LogP contribution in [0.1, 0.15) is 16.8 Å². The number of nitrogens with zero attached hydrogens (tertiary/aromatic N) is 2. The van der Waals surface area contributed by atoms with E-state index in [2.05, 4.69) is 23.3 Å². The summed E-state index contributed by atoms with van der Waals surface area (Å²) in [5.74, 6) is -1.01. The molecule has 0 bridgehead atoms. The molecule has 0 atom stereocenters. The number of aryl methyl sites for hydroxylation is 1. The summed E-state index contributed by atoms with van der Waals surface area (Å²) in [6.45, 7) is 2.34. The van der Waals surface area contributed by atoms with E-state index in [0.717, 1.165) is 22.4 Å². The van der Waals surface area contributed by atoms with Crippen LogP contribution in [0.2, 0.25) is 5.15 Å². The predicted molar refractivity (Wildman–Crippen MR) is 91.7 cm³/mol. The maximum absolute atomic E-state index is 10.7. The Bertz CT molecular complexity index is 907. The summed E-state index contributed by atoms with van der Waals surface area (Å²) in [5.41, 5.74) is 2.45. The van der Waals surface area contributed by atoms with Crippen LogP contribution in [0, 0.1) is 6.92 Å². The molecule has 0 unspecified atom stereocenters. The number of halogens is 1. The number of aliphatic carboxylic acids is 1. The van der Waals surface area contributed by atoms with E-state index in [-0.39, 0.29) is 0 Å². The maximum atomic E-state index is 10.7. The average Bonchev–Trinajstić information content (AvgIpc) is 2.79. The number of benzene rings is 2. The van der Waals surface area contributed by atoms with Crippen molar-refractivity contribution in [2.75, 3.05) is 0 Å². The third-order valence-electron chi connectivity index (χ3n) is 3.70. The lowest BCUT2D eigenvalue weighted by Crippen LogP contribution is -2.02. The SMILES string of the molecule is Cc1nn(Cc2cccc3ccccc23)c(Cl)c1/C=C/C(=O)O. The van der Waals surface area contributed by atoms with Gasteiger partial charge in [-0.25, -0.2) is 9.48 Å². The summed E-state index contributed by atoms with van der Waals surface area (Å²) < 4.78 is 1.69. The van der Waals surface area contributed by atoms with Gasteiger partial charge in [-0.3, -0.25) is 0 Å². The summed E-state index contributed by atoms with van der Waals surface area (Å²) in [5, 5.41) is 15.9. The Morgan fingerprint density at radius 3 is 2.78 bits per heavy atom. The molecule has 1 N–H and O–H groups in total. The standard InChI is InChI=1S/C18H15ClN2O2/c1-12-15(9-10-17(22)23)18(19)21(20-12)11-14-7-4-6-13-5-2-3-8-16(13)14/h2-10H,11H2,1H3,(H,22,23)/b10-9+. The monoisotopic (exact) mass is 326 g/mol. The van der Waals surface area contributed by atoms with Gasteiger partial charge >= 0.3 is 5.97 Å². The van der Waals surface area contributed by atoms with Crippen molar-refractivity contribution in [1.82, 2.24) is 9.78 Å². The maximum Gasteiger partial charge on any atom is 0.328 e. The molecule has 2 aromatic carbocycles. The van der Waals surface area contributed by atoms with Gasteiger partial charge in [-0.1, -0.05) is 54.1 Å². The van der Waals surface area contributed by atoms with Crippen LogP contribution in [-0.2, 0) is 11.3 Å². The van der Waals surface area contributed by atoms with E-state index >= 15 is 0 Å². The normalized spacial score (nSPS) is 11.4. The molecule has 0 aliphatic carbocycles. The Morgan fingerprint density at radius 2 is 2.00 bits per heavy atom. The number of fused-ring (bicyclic) bond motifs is 1. The van der Waals surface area contributed by atoms with Crippen LogP contribution < -0.4 is 0 Å². The molecule has 1 aromatic heterocycles. The number of aromatic nitrogens is 2. The van der Waals surface area contributed by atoms with Crippen LogP contribution in [-0.4, -0.2) is 20.9 Å². The predicted octanol–water partition coefficient (Wildman–Crippen LogP) is 4.14. The van der Waals surface area contributed by atoms with Gasteiger partial charge in [-0.05, 0) is 29.3 Å². The Morgan fingerprint density at radius 1 is 1.26 bits per heavy atom. The van der Waals surface area contributed by atoms with Crippen molar-refractivity contribution < 1.29 is 9.90 Å². The van der Waals surface area contributed by atoms with E-state index in [9.17, 15) is 4.79 Å². The molecule has 5 heteroatoms. The highest BCUT2D eigenvalue weighted by Crippen LogP contribution is 2.25. The van der Waals surface area contributed by atoms with Gasteiger partial charge in [-0.2, -0.15) is 5.10 Å². The summed E-state index contributed by atoms with van der Waals surface area (Å²) in [7, 11) is 0. The van der Waals surface area contributed by atoms with Crippen molar-refractivity contribution in [3.8, 4) is 0 Å². The zero-order valence-corrected chi connectivity index (χ0v) is 13.3. The first-order valence-corrected chi connectivity index (χ1v) is 7.54. The number of hydrogen-bond acceptors (Lipinski definition) is 2. The molecule has 116 valence electrons. The molecule has 0 aliphatic rings. The van der Waals surface area contributed by atoms with E-state index in [0.29, 0.717) is 23.0 Å². The highest BCUT2D eigenvalue weighted by atomic mass is 35.5. The highest BCUT2D eigenvalue weighted by Gasteiger charge is 2.12. The summed E-state index contributed by atoms with van der Waals surface area (Å²) >= 11 is 6.37. The van der Waals surface area contributed by atoms with Gasteiger partial charge < -0.3 is 5.11 Å². The fraction of sp³-hybridized carbons (Fsp3) is 0.111. The minimum absolute atomic E-state index is 0.438. The minimum atomic E-state index is -1.01. The number of carbonyl (C=O) groups is 1. The molecule has 23 heavy (non-hydrogen) atoms. The van der Waals surface area contributed by atoms with Gasteiger partial charge in [0.15, 0.2) is 0 Å². The first-order valence-electron chi connectivity index (χ1n) is 7.17. The van der Waals surface area contributed by atoms with Gasteiger partial charge in [0.1, 0.15) is 5.15 Å². The van der Waals surface area contributed by atoms with Crippen LogP contribution >= 0.6 is 11.6 Å². The van der Waals surface area contributed by atoms with Crippen LogP contribution in [0.5, 0.6) is 0 Å². The highest BCUT2D eigenvalue weighted by molar-refractivity contribution is 6.31. The van der Waals surface area contributed by atoms with Gasteiger partial charge in [0.05, 0.1) is 12.2 Å². The Labute approximate surface area is 138 Å². The van der Waals surface area contributed by atoms with E-state index in [1.54, 1.807) is 4.68 Å². The van der Waals surface area contributed by atoms with Crippen LogP contribution in [0.15, 0.2) is 48.5 Å². The largest absolute Gasteiger partial charge is 0.478 e. The summed E-state index contributed by atoms with van der Waals surface area (Å²) in [6, 6.07) is 14.3. The molecule has 0 spiro atoms. The first-order chi connectivity index (χ1) is 11.1. The molecule has 1 heterocycles. The zero-order chi connectivity index (χ0) is 16.4. The average molecular weight is 327 g/mol. The van der Waals surface area contributed by atoms with Gasteiger partial charge in [0.25, 0.3) is 0 Å². The van der Waals surface area contributed by atoms with Crippen molar-refractivity contribution >= 4 is 34.4 Å². The topological polar surface area (TPSA) is 55.1 Å². The number of carboxylic acids is 1. The molecule has 0 saturated heterocycles. The van der Waals surface area contributed by atoms with E-state index < -0.39 is 5.97 Å². The fourth-order valence-electron chi connectivity index (χ4n) is 2.61. The van der Waals surface area contributed by atoms with Crippen LogP contribution in [0.4, 0.5) is 0 Å². The van der Waals surface area contributed by atoms with Crippen molar-refractivity contribution in [3.05, 3.63) is 70.5 Å². The molecule has 0 amide bonds. The molecule has 0 saturated carbocycles. The van der Waals surface area contributed by atoms with Gasteiger partial charge in [0.2, 0.25) is 0 Å². The van der Waals surface area contributed by atoms with E-state index in [4.69, 9.17) is 16.7 Å². The molecule has 3 rings (SSSR count). The van der Waals surface area contributed by atoms with Crippen LogP contribution in [0.25, 0.3) is 16.8 Å². The van der Waals surface area contributed by atoms with Gasteiger partial charge in [-0.15, -0.1) is 0 Å². The molecule has 0 radical (unpaired) electrons. The van der Waals surface area contributed by atoms with E-state index in [1.807, 2.05) is 31.2 Å². The summed E-state index contributed by atoms with van der Waals surface area (Å²) in [4.78, 5) is 10.7. The second kappa shape index (κ2) is 6.26. The Balaban J connectivity index is 2.00. The molecular formula is C18H15ClN2O2. The second-order valence-corrected chi connectivity index (χ2v) is 5.62.